The first-order chi connectivity index (χ1) is 6.70. The number of rotatable bonds is 1. The highest BCUT2D eigenvalue weighted by molar-refractivity contribution is 7.84. The molecule has 1 aliphatic heterocycles. The maximum absolute atomic E-state index is 10.8. The van der Waals surface area contributed by atoms with Crippen LogP contribution in [0.3, 0.4) is 0 Å². The van der Waals surface area contributed by atoms with Gasteiger partial charge in [0.1, 0.15) is 0 Å². The van der Waals surface area contributed by atoms with E-state index in [4.69, 9.17) is 0 Å². The summed E-state index contributed by atoms with van der Waals surface area (Å²) < 4.78 is 12.2. The van der Waals surface area contributed by atoms with Crippen LogP contribution in [0.15, 0.2) is 0 Å². The third kappa shape index (κ3) is 4.13. The van der Waals surface area contributed by atoms with Gasteiger partial charge in [-0.15, -0.1) is 0 Å². The topological polar surface area (TPSA) is 77.5 Å². The fraction of sp³-hybridized carbons (Fsp3) is 0.625. The quantitative estimate of drug-likeness (QED) is 0.394. The first-order valence-corrected chi connectivity index (χ1v) is 6.35. The molecule has 0 unspecified atom stereocenters. The number of carbonyl (C=O) groups excluding carboxylic acids is 3. The zero-order valence-corrected chi connectivity index (χ0v) is 10.3. The Morgan fingerprint density at radius 1 is 1.47 bits per heavy atom. The highest BCUT2D eigenvalue weighted by Crippen LogP contribution is 2.28. The predicted octanol–water partition coefficient (Wildman–Crippen LogP) is -0.288. The molecule has 0 bridgehead atoms. The molecule has 0 spiro atoms. The van der Waals surface area contributed by atoms with E-state index in [1.165, 1.54) is 6.92 Å². The van der Waals surface area contributed by atoms with Gasteiger partial charge in [0.25, 0.3) is 0 Å². The maximum Gasteiger partial charge on any atom is 0.337 e. The molecule has 1 saturated heterocycles. The van der Waals surface area contributed by atoms with Crippen LogP contribution in [0.1, 0.15) is 13.3 Å². The second-order valence-electron chi connectivity index (χ2n) is 3.10. The fourth-order valence-electron chi connectivity index (χ4n) is 0.773. The standard InChI is InChI=1S/C6H6O4S.C2H6OS/c1-3(7)6(11)2-4(8)10-5(6)9;1-4(2)3/h11H,2H2,1H3;1-2H3/t6-;/m0./s1. The number of cyclic esters (lactones) is 2. The van der Waals surface area contributed by atoms with Gasteiger partial charge in [0, 0.05) is 23.3 Å². The molecule has 5 nitrogen and oxygen atoms in total. The van der Waals surface area contributed by atoms with E-state index in [-0.39, 0.29) is 6.42 Å². The highest BCUT2D eigenvalue weighted by Gasteiger charge is 2.50. The Hall–Kier alpha value is -0.690. The van der Waals surface area contributed by atoms with Crippen molar-refractivity contribution >= 4 is 41.2 Å². The minimum Gasteiger partial charge on any atom is -0.392 e. The average molecular weight is 252 g/mol. The minimum atomic E-state index is -1.53. The summed E-state index contributed by atoms with van der Waals surface area (Å²) in [6.07, 6.45) is 3.02. The predicted molar refractivity (Wildman–Crippen MR) is 58.1 cm³/mol. The maximum atomic E-state index is 10.8. The number of ether oxygens (including phenoxy) is 1. The minimum absolute atomic E-state index is 0.260. The van der Waals surface area contributed by atoms with Crippen molar-refractivity contribution in [3.05, 3.63) is 0 Å². The monoisotopic (exact) mass is 252 g/mol. The molecule has 0 saturated carbocycles. The van der Waals surface area contributed by atoms with Gasteiger partial charge in [-0.25, -0.2) is 4.79 Å². The molecular weight excluding hydrogens is 240 g/mol. The Morgan fingerprint density at radius 3 is 2.00 bits per heavy atom. The van der Waals surface area contributed by atoms with E-state index in [1.807, 2.05) is 0 Å². The highest BCUT2D eigenvalue weighted by atomic mass is 32.2. The largest absolute Gasteiger partial charge is 0.392 e. The van der Waals surface area contributed by atoms with Crippen molar-refractivity contribution < 1.29 is 23.3 Å². The zero-order valence-electron chi connectivity index (χ0n) is 8.60. The number of esters is 2. The molecule has 0 aromatic carbocycles. The summed E-state index contributed by atoms with van der Waals surface area (Å²) in [4.78, 5) is 32.1. The van der Waals surface area contributed by atoms with Crippen LogP contribution in [0.4, 0.5) is 0 Å². The van der Waals surface area contributed by atoms with E-state index in [2.05, 4.69) is 17.4 Å². The first-order valence-electron chi connectivity index (χ1n) is 3.93. The summed E-state index contributed by atoms with van der Waals surface area (Å²) in [7, 11) is -0.611. The molecule has 0 aliphatic carbocycles. The average Bonchev–Trinajstić information content (AvgIpc) is 2.25. The van der Waals surface area contributed by atoms with Crippen LogP contribution in [-0.2, 0) is 29.9 Å². The summed E-state index contributed by atoms with van der Waals surface area (Å²) in [6.45, 7) is 1.20. The summed E-state index contributed by atoms with van der Waals surface area (Å²) in [5, 5.41) is 0. The van der Waals surface area contributed by atoms with Crippen molar-refractivity contribution in [1.29, 1.82) is 0 Å². The normalized spacial score (nSPS) is 24.6. The van der Waals surface area contributed by atoms with Gasteiger partial charge < -0.3 is 4.74 Å². The number of thiol groups is 1. The second-order valence-corrected chi connectivity index (χ2v) is 5.34. The molecule has 0 N–H and O–H groups in total. The van der Waals surface area contributed by atoms with Crippen LogP contribution in [0.25, 0.3) is 0 Å². The SMILES string of the molecule is CC(=O)[C@@]1(S)CC(=O)OC1=O.CS(C)=O. The van der Waals surface area contributed by atoms with Crippen molar-refractivity contribution in [2.45, 2.75) is 18.1 Å². The van der Waals surface area contributed by atoms with Crippen LogP contribution < -0.4 is 0 Å². The molecule has 0 amide bonds. The molecule has 0 aromatic rings. The lowest BCUT2D eigenvalue weighted by atomic mass is 10.0. The molecular formula is C8H12O5S2. The van der Waals surface area contributed by atoms with Gasteiger partial charge in [-0.1, -0.05) is 0 Å². The number of Topliss-reactive ketones (excluding diaryl/α,β-unsaturated/α-hetero) is 1. The van der Waals surface area contributed by atoms with Gasteiger partial charge in [0.05, 0.1) is 6.42 Å². The van der Waals surface area contributed by atoms with Gasteiger partial charge >= 0.3 is 11.9 Å². The Bertz CT molecular complexity index is 321. The molecule has 86 valence electrons. The van der Waals surface area contributed by atoms with Crippen molar-refractivity contribution in [2.24, 2.45) is 0 Å². The molecule has 1 fully saturated rings. The van der Waals surface area contributed by atoms with E-state index in [0.29, 0.717) is 0 Å². The van der Waals surface area contributed by atoms with Crippen molar-refractivity contribution in [1.82, 2.24) is 0 Å². The Balaban J connectivity index is 0.000000423. The molecule has 1 rings (SSSR count). The Labute approximate surface area is 95.4 Å². The van der Waals surface area contributed by atoms with Crippen LogP contribution in [0.5, 0.6) is 0 Å². The molecule has 15 heavy (non-hydrogen) atoms. The van der Waals surface area contributed by atoms with Gasteiger partial charge in [0.2, 0.25) is 0 Å². The van der Waals surface area contributed by atoms with Gasteiger partial charge in [-0.05, 0) is 6.92 Å². The first kappa shape index (κ1) is 14.3. The van der Waals surface area contributed by atoms with Gasteiger partial charge in [-0.2, -0.15) is 12.6 Å². The summed E-state index contributed by atoms with van der Waals surface area (Å²) in [5.41, 5.74) is 0. The number of hydrogen-bond acceptors (Lipinski definition) is 6. The number of ketones is 1. The van der Waals surface area contributed by atoms with E-state index < -0.39 is 33.3 Å². The van der Waals surface area contributed by atoms with Crippen molar-refractivity contribution in [3.63, 3.8) is 0 Å². The number of carbonyl (C=O) groups is 3. The van der Waals surface area contributed by atoms with Gasteiger partial charge in [0.15, 0.2) is 10.5 Å². The number of hydrogen-bond donors (Lipinski definition) is 1. The molecule has 0 radical (unpaired) electrons. The third-order valence-corrected chi connectivity index (χ3v) is 2.18. The van der Waals surface area contributed by atoms with Crippen molar-refractivity contribution in [2.75, 3.05) is 12.5 Å². The summed E-state index contributed by atoms with van der Waals surface area (Å²) in [6, 6.07) is 0. The van der Waals surface area contributed by atoms with E-state index in [1.54, 1.807) is 12.5 Å². The fourth-order valence-corrected chi connectivity index (χ4v) is 0.948. The van der Waals surface area contributed by atoms with Crippen molar-refractivity contribution in [3.8, 4) is 0 Å². The second kappa shape index (κ2) is 5.41. The van der Waals surface area contributed by atoms with Gasteiger partial charge in [-0.3, -0.25) is 13.8 Å². The lowest BCUT2D eigenvalue weighted by molar-refractivity contribution is -0.152. The Kier molecular flexibility index (Phi) is 5.16. The molecule has 7 heteroatoms. The zero-order chi connectivity index (χ0) is 12.2. The van der Waals surface area contributed by atoms with E-state index in [9.17, 15) is 18.6 Å². The molecule has 1 aliphatic rings. The summed E-state index contributed by atoms with van der Waals surface area (Å²) >= 11 is 3.79. The van der Waals surface area contributed by atoms with Crippen LogP contribution in [-0.4, -0.2) is 39.2 Å². The molecule has 1 atom stereocenters. The lowest BCUT2D eigenvalue weighted by Crippen LogP contribution is -2.35. The third-order valence-electron chi connectivity index (χ3n) is 1.53. The molecule has 0 aromatic heterocycles. The lowest BCUT2D eigenvalue weighted by Gasteiger charge is -2.10. The van der Waals surface area contributed by atoms with E-state index in [0.717, 1.165) is 0 Å². The Morgan fingerprint density at radius 2 is 1.87 bits per heavy atom. The van der Waals surface area contributed by atoms with Crippen LogP contribution in [0.2, 0.25) is 0 Å². The van der Waals surface area contributed by atoms with E-state index >= 15 is 0 Å². The molecule has 1 heterocycles. The smallest absolute Gasteiger partial charge is 0.337 e. The van der Waals surface area contributed by atoms with Crippen LogP contribution in [0, 0.1) is 0 Å². The van der Waals surface area contributed by atoms with Crippen LogP contribution >= 0.6 is 12.6 Å². The summed E-state index contributed by atoms with van der Waals surface area (Å²) in [5.74, 6) is -2.02.